The number of amides is 1. The van der Waals surface area contributed by atoms with Crippen molar-refractivity contribution in [2.45, 2.75) is 26.4 Å². The lowest BCUT2D eigenvalue weighted by Gasteiger charge is -2.12. The molecule has 1 aromatic carbocycles. The zero-order valence-corrected chi connectivity index (χ0v) is 14.6. The highest BCUT2D eigenvalue weighted by Gasteiger charge is 2.40. The molecule has 0 spiro atoms. The zero-order valence-electron chi connectivity index (χ0n) is 13.8. The summed E-state index contributed by atoms with van der Waals surface area (Å²) in [5, 5.41) is 14.5. The maximum absolute atomic E-state index is 13.6. The number of nitrogens with zero attached hydrogens (tertiary/aromatic N) is 4. The fourth-order valence-electron chi connectivity index (χ4n) is 2.28. The summed E-state index contributed by atoms with van der Waals surface area (Å²) in [5.41, 5.74) is -0.605. The second-order valence-electron chi connectivity index (χ2n) is 5.46. The molecule has 10 heteroatoms. The Kier molecular flexibility index (Phi) is 4.77. The van der Waals surface area contributed by atoms with Gasteiger partial charge in [0.2, 0.25) is 5.13 Å². The minimum atomic E-state index is -4.76. The zero-order chi connectivity index (χ0) is 18.9. The van der Waals surface area contributed by atoms with Gasteiger partial charge in [-0.15, -0.1) is 10.2 Å². The summed E-state index contributed by atoms with van der Waals surface area (Å²) < 4.78 is 41.5. The van der Waals surface area contributed by atoms with Crippen molar-refractivity contribution in [3.05, 3.63) is 52.3 Å². The first-order valence-corrected chi connectivity index (χ1v) is 8.47. The number of hydrogen-bond acceptors (Lipinski definition) is 5. The van der Waals surface area contributed by atoms with Gasteiger partial charge in [-0.2, -0.15) is 18.3 Å². The van der Waals surface area contributed by atoms with Crippen LogP contribution in [0.1, 0.15) is 33.5 Å². The van der Waals surface area contributed by atoms with Crippen LogP contribution in [0.2, 0.25) is 0 Å². The van der Waals surface area contributed by atoms with Gasteiger partial charge in [0, 0.05) is 0 Å². The minimum Gasteiger partial charge on any atom is -0.296 e. The van der Waals surface area contributed by atoms with E-state index < -0.39 is 23.3 Å². The van der Waals surface area contributed by atoms with Gasteiger partial charge in [0.25, 0.3) is 5.91 Å². The highest BCUT2D eigenvalue weighted by atomic mass is 32.1. The molecule has 1 N–H and O–H groups in total. The number of hydrogen-bond donors (Lipinski definition) is 1. The molecule has 0 aliphatic rings. The summed E-state index contributed by atoms with van der Waals surface area (Å²) in [6.07, 6.45) is -3.24. The summed E-state index contributed by atoms with van der Waals surface area (Å²) in [4.78, 5) is 12.4. The van der Waals surface area contributed by atoms with Crippen LogP contribution in [-0.2, 0) is 12.6 Å². The molecule has 1 amide bonds. The van der Waals surface area contributed by atoms with Crippen LogP contribution in [0.5, 0.6) is 0 Å². The average Bonchev–Trinajstić information content (AvgIpc) is 3.21. The lowest BCUT2D eigenvalue weighted by atomic mass is 10.2. The van der Waals surface area contributed by atoms with Crippen LogP contribution in [0.3, 0.4) is 0 Å². The topological polar surface area (TPSA) is 72.7 Å². The molecule has 0 atom stereocenters. The van der Waals surface area contributed by atoms with Crippen molar-refractivity contribution in [1.29, 1.82) is 0 Å². The number of benzene rings is 1. The van der Waals surface area contributed by atoms with Gasteiger partial charge in [-0.25, -0.2) is 4.68 Å². The van der Waals surface area contributed by atoms with Gasteiger partial charge in [0.15, 0.2) is 5.69 Å². The fourth-order valence-corrected chi connectivity index (χ4v) is 2.96. The van der Waals surface area contributed by atoms with E-state index in [9.17, 15) is 18.0 Å². The van der Waals surface area contributed by atoms with Crippen LogP contribution in [0.15, 0.2) is 30.5 Å². The number of halogens is 3. The van der Waals surface area contributed by atoms with E-state index in [0.29, 0.717) is 16.1 Å². The molecule has 3 aromatic rings. The standard InChI is InChI=1S/C16H14F3N5OS/c1-3-12-22-23-15(26-12)21-14(25)11-8-20-24(13(11)16(17,18)19)10-6-4-9(2)5-7-10/h4-8H,3H2,1-2H3,(H,21,23,25). The lowest BCUT2D eigenvalue weighted by Crippen LogP contribution is -2.20. The van der Waals surface area contributed by atoms with Crippen LogP contribution < -0.4 is 5.32 Å². The van der Waals surface area contributed by atoms with E-state index in [-0.39, 0.29) is 10.8 Å². The first kappa shape index (κ1) is 18.1. The van der Waals surface area contributed by atoms with Crippen LogP contribution in [0.4, 0.5) is 18.3 Å². The largest absolute Gasteiger partial charge is 0.434 e. The molecule has 0 bridgehead atoms. The van der Waals surface area contributed by atoms with Gasteiger partial charge in [-0.3, -0.25) is 10.1 Å². The SMILES string of the molecule is CCc1nnc(NC(=O)c2cnn(-c3ccc(C)cc3)c2C(F)(F)F)s1. The molecular weight excluding hydrogens is 367 g/mol. The molecule has 3 rings (SSSR count). The number of rotatable bonds is 4. The first-order chi connectivity index (χ1) is 12.3. The van der Waals surface area contributed by atoms with Gasteiger partial charge in [0.1, 0.15) is 5.01 Å². The van der Waals surface area contributed by atoms with E-state index in [1.165, 1.54) is 12.1 Å². The molecule has 6 nitrogen and oxygen atoms in total. The lowest BCUT2D eigenvalue weighted by molar-refractivity contribution is -0.143. The van der Waals surface area contributed by atoms with Crippen molar-refractivity contribution in [1.82, 2.24) is 20.0 Å². The number of nitrogens with one attached hydrogen (secondary N) is 1. The van der Waals surface area contributed by atoms with Gasteiger partial charge < -0.3 is 0 Å². The van der Waals surface area contributed by atoms with Gasteiger partial charge in [-0.05, 0) is 25.5 Å². The van der Waals surface area contributed by atoms with Crippen LogP contribution in [0, 0.1) is 6.92 Å². The Balaban J connectivity index is 1.99. The summed E-state index contributed by atoms with van der Waals surface area (Å²) in [7, 11) is 0. The van der Waals surface area contributed by atoms with Crippen LogP contribution >= 0.6 is 11.3 Å². The monoisotopic (exact) mass is 381 g/mol. The molecular formula is C16H14F3N5OS. The summed E-state index contributed by atoms with van der Waals surface area (Å²) in [5.74, 6) is -0.936. The van der Waals surface area contributed by atoms with E-state index in [4.69, 9.17) is 0 Å². The maximum atomic E-state index is 13.6. The molecule has 0 aliphatic heterocycles. The first-order valence-electron chi connectivity index (χ1n) is 7.65. The average molecular weight is 381 g/mol. The molecule has 0 radical (unpaired) electrons. The predicted molar refractivity (Wildman–Crippen MR) is 90.5 cm³/mol. The smallest absolute Gasteiger partial charge is 0.296 e. The second-order valence-corrected chi connectivity index (χ2v) is 6.52. The second kappa shape index (κ2) is 6.87. The Morgan fingerprint density at radius 2 is 1.92 bits per heavy atom. The quantitative estimate of drug-likeness (QED) is 0.745. The summed E-state index contributed by atoms with van der Waals surface area (Å²) in [6.45, 7) is 3.68. The molecule has 136 valence electrons. The van der Waals surface area contributed by atoms with Crippen molar-refractivity contribution < 1.29 is 18.0 Å². The van der Waals surface area contributed by atoms with Crippen molar-refractivity contribution in [2.24, 2.45) is 0 Å². The Morgan fingerprint density at radius 3 is 2.50 bits per heavy atom. The number of carbonyl (C=O) groups is 1. The molecule has 0 aliphatic carbocycles. The number of aromatic nitrogens is 4. The molecule has 2 aromatic heterocycles. The van der Waals surface area contributed by atoms with Crippen molar-refractivity contribution in [3.8, 4) is 5.69 Å². The number of carbonyl (C=O) groups excluding carboxylic acids is 1. The third-order valence-electron chi connectivity index (χ3n) is 3.55. The molecule has 0 saturated carbocycles. The van der Waals surface area contributed by atoms with E-state index in [1.807, 2.05) is 13.8 Å². The number of anilines is 1. The predicted octanol–water partition coefficient (Wildman–Crippen LogP) is 3.87. The van der Waals surface area contributed by atoms with E-state index >= 15 is 0 Å². The van der Waals surface area contributed by atoms with Gasteiger partial charge in [-0.1, -0.05) is 36.0 Å². The van der Waals surface area contributed by atoms with E-state index in [2.05, 4.69) is 20.6 Å². The molecule has 2 heterocycles. The number of alkyl halides is 3. The van der Waals surface area contributed by atoms with Crippen LogP contribution in [-0.4, -0.2) is 25.9 Å². The summed E-state index contributed by atoms with van der Waals surface area (Å²) in [6, 6.07) is 6.36. The van der Waals surface area contributed by atoms with Crippen molar-refractivity contribution >= 4 is 22.4 Å². The fraction of sp³-hybridized carbons (Fsp3) is 0.250. The summed E-state index contributed by atoms with van der Waals surface area (Å²) >= 11 is 1.11. The highest BCUT2D eigenvalue weighted by molar-refractivity contribution is 7.15. The normalized spacial score (nSPS) is 11.6. The Bertz CT molecular complexity index is 930. The third kappa shape index (κ3) is 3.59. The molecule has 0 saturated heterocycles. The molecule has 0 fully saturated rings. The highest BCUT2D eigenvalue weighted by Crippen LogP contribution is 2.34. The van der Waals surface area contributed by atoms with Crippen molar-refractivity contribution in [3.63, 3.8) is 0 Å². The minimum absolute atomic E-state index is 0.142. The third-order valence-corrected chi connectivity index (χ3v) is 4.53. The Morgan fingerprint density at radius 1 is 1.23 bits per heavy atom. The van der Waals surface area contributed by atoms with E-state index in [1.54, 1.807) is 12.1 Å². The maximum Gasteiger partial charge on any atom is 0.434 e. The number of aryl methyl sites for hydroxylation is 2. The Labute approximate surface area is 150 Å². The van der Waals surface area contributed by atoms with Gasteiger partial charge in [0.05, 0.1) is 17.4 Å². The van der Waals surface area contributed by atoms with Gasteiger partial charge >= 0.3 is 6.18 Å². The van der Waals surface area contributed by atoms with Crippen LogP contribution in [0.25, 0.3) is 5.69 Å². The van der Waals surface area contributed by atoms with E-state index in [0.717, 1.165) is 23.1 Å². The van der Waals surface area contributed by atoms with Crippen molar-refractivity contribution in [2.75, 3.05) is 5.32 Å². The Hall–Kier alpha value is -2.75. The molecule has 26 heavy (non-hydrogen) atoms. The molecule has 0 unspecified atom stereocenters.